The Morgan fingerprint density at radius 2 is 1.89 bits per heavy atom. The van der Waals surface area contributed by atoms with E-state index in [2.05, 4.69) is 10.6 Å². The van der Waals surface area contributed by atoms with Crippen molar-refractivity contribution in [2.45, 2.75) is 32.2 Å². The van der Waals surface area contributed by atoms with Crippen molar-refractivity contribution in [3.8, 4) is 11.5 Å². The van der Waals surface area contributed by atoms with Crippen LogP contribution >= 0.6 is 0 Å². The zero-order valence-electron chi connectivity index (χ0n) is 16.2. The van der Waals surface area contributed by atoms with E-state index in [9.17, 15) is 19.7 Å². The molecule has 1 heterocycles. The molecule has 0 radical (unpaired) electrons. The molecule has 10 nitrogen and oxygen atoms in total. The molecule has 0 bridgehead atoms. The molecule has 0 fully saturated rings. The Labute approximate surface area is 162 Å². The lowest BCUT2D eigenvalue weighted by atomic mass is 9.92. The van der Waals surface area contributed by atoms with Gasteiger partial charge in [0.15, 0.2) is 0 Å². The van der Waals surface area contributed by atoms with Gasteiger partial charge in [0.1, 0.15) is 5.75 Å². The quantitative estimate of drug-likeness (QED) is 0.394. The van der Waals surface area contributed by atoms with Crippen LogP contribution in [0.15, 0.2) is 23.4 Å². The lowest BCUT2D eigenvalue weighted by molar-refractivity contribution is -0.385. The number of urea groups is 1. The van der Waals surface area contributed by atoms with Crippen LogP contribution in [0.4, 0.5) is 10.5 Å². The van der Waals surface area contributed by atoms with Crippen molar-refractivity contribution in [2.24, 2.45) is 0 Å². The van der Waals surface area contributed by atoms with Gasteiger partial charge in [-0.15, -0.1) is 0 Å². The summed E-state index contributed by atoms with van der Waals surface area (Å²) in [5.41, 5.74) is 0.529. The number of esters is 1. The SMILES string of the molecule is CCCCC1=C(C(=O)OC)C(c2cc([N+](=O)[O-])c(OC)cc2OC)NC(=O)N1. The molecule has 10 heteroatoms. The second-order valence-electron chi connectivity index (χ2n) is 6.04. The Bertz CT molecular complexity index is 820. The van der Waals surface area contributed by atoms with Gasteiger partial charge in [0.25, 0.3) is 0 Å². The zero-order chi connectivity index (χ0) is 20.8. The van der Waals surface area contributed by atoms with Crippen LogP contribution in [0, 0.1) is 10.1 Å². The van der Waals surface area contributed by atoms with Crippen molar-refractivity contribution in [2.75, 3.05) is 21.3 Å². The molecule has 0 aromatic heterocycles. The second-order valence-corrected chi connectivity index (χ2v) is 6.04. The fourth-order valence-corrected chi connectivity index (χ4v) is 3.03. The summed E-state index contributed by atoms with van der Waals surface area (Å²) in [7, 11) is 3.91. The third kappa shape index (κ3) is 4.16. The largest absolute Gasteiger partial charge is 0.496 e. The molecule has 1 aliphatic heterocycles. The third-order valence-electron chi connectivity index (χ3n) is 4.38. The Morgan fingerprint density at radius 1 is 1.21 bits per heavy atom. The number of ether oxygens (including phenoxy) is 3. The molecule has 0 aliphatic carbocycles. The number of nitrogens with one attached hydrogen (secondary N) is 2. The number of carbonyl (C=O) groups is 2. The van der Waals surface area contributed by atoms with Crippen LogP contribution < -0.4 is 20.1 Å². The highest BCUT2D eigenvalue weighted by Crippen LogP contribution is 2.41. The fraction of sp³-hybridized carbons (Fsp3) is 0.444. The molecule has 1 aromatic rings. The summed E-state index contributed by atoms with van der Waals surface area (Å²) in [4.78, 5) is 35.5. The third-order valence-corrected chi connectivity index (χ3v) is 4.38. The van der Waals surface area contributed by atoms with E-state index in [1.165, 1.54) is 33.5 Å². The number of carbonyl (C=O) groups excluding carboxylic acids is 2. The molecule has 1 atom stereocenters. The van der Waals surface area contributed by atoms with E-state index in [-0.39, 0.29) is 28.3 Å². The smallest absolute Gasteiger partial charge is 0.337 e. The Kier molecular flexibility index (Phi) is 6.80. The molecular weight excluding hydrogens is 370 g/mol. The summed E-state index contributed by atoms with van der Waals surface area (Å²) < 4.78 is 15.3. The normalized spacial score (nSPS) is 16.1. The van der Waals surface area contributed by atoms with Gasteiger partial charge in [0.2, 0.25) is 5.75 Å². The molecule has 152 valence electrons. The minimum absolute atomic E-state index is 0.000616. The number of nitro benzene ring substituents is 1. The molecule has 0 saturated heterocycles. The molecular formula is C18H23N3O7. The number of nitro groups is 1. The lowest BCUT2D eigenvalue weighted by Gasteiger charge is -2.30. The molecule has 2 rings (SSSR count). The van der Waals surface area contributed by atoms with Gasteiger partial charge in [-0.25, -0.2) is 9.59 Å². The highest BCUT2D eigenvalue weighted by atomic mass is 16.6. The first-order valence-electron chi connectivity index (χ1n) is 8.67. The summed E-state index contributed by atoms with van der Waals surface area (Å²) in [5, 5.41) is 16.7. The van der Waals surface area contributed by atoms with Gasteiger partial charge in [0, 0.05) is 23.4 Å². The van der Waals surface area contributed by atoms with Crippen LogP contribution in [0.2, 0.25) is 0 Å². The van der Waals surface area contributed by atoms with Crippen molar-refractivity contribution in [1.29, 1.82) is 0 Å². The van der Waals surface area contributed by atoms with Gasteiger partial charge in [-0.3, -0.25) is 10.1 Å². The van der Waals surface area contributed by atoms with Gasteiger partial charge in [-0.2, -0.15) is 0 Å². The van der Waals surface area contributed by atoms with Gasteiger partial charge >= 0.3 is 17.7 Å². The van der Waals surface area contributed by atoms with E-state index < -0.39 is 23.0 Å². The monoisotopic (exact) mass is 393 g/mol. The van der Waals surface area contributed by atoms with E-state index >= 15 is 0 Å². The molecule has 2 amide bonds. The van der Waals surface area contributed by atoms with Gasteiger partial charge in [-0.05, 0) is 12.8 Å². The van der Waals surface area contributed by atoms with Crippen molar-refractivity contribution < 1.29 is 28.7 Å². The summed E-state index contributed by atoms with van der Waals surface area (Å²) in [6.07, 6.45) is 2.04. The minimum atomic E-state index is -0.979. The number of rotatable bonds is 8. The number of hydrogen-bond acceptors (Lipinski definition) is 7. The molecule has 2 N–H and O–H groups in total. The standard InChI is InChI=1S/C18H23N3O7/c1-5-6-7-11-15(17(22)28-4)16(20-18(23)19-11)10-8-12(21(24)25)14(27-3)9-13(10)26-2/h8-9,16H,5-7H2,1-4H3,(H2,19,20,23). The average molecular weight is 393 g/mol. The molecule has 1 aliphatic rings. The van der Waals surface area contributed by atoms with Crippen molar-refractivity contribution >= 4 is 17.7 Å². The number of nitrogens with zero attached hydrogens (tertiary/aromatic N) is 1. The van der Waals surface area contributed by atoms with E-state index in [1.54, 1.807) is 0 Å². The van der Waals surface area contributed by atoms with E-state index in [1.807, 2.05) is 6.92 Å². The van der Waals surface area contributed by atoms with Crippen LogP contribution in [-0.4, -0.2) is 38.3 Å². The Hall–Kier alpha value is -3.30. The van der Waals surface area contributed by atoms with E-state index in [0.29, 0.717) is 12.1 Å². The maximum atomic E-state index is 12.5. The lowest BCUT2D eigenvalue weighted by Crippen LogP contribution is -2.46. The Morgan fingerprint density at radius 3 is 2.43 bits per heavy atom. The van der Waals surface area contributed by atoms with Crippen molar-refractivity contribution in [3.63, 3.8) is 0 Å². The predicted molar refractivity (Wildman–Crippen MR) is 99.2 cm³/mol. The summed E-state index contributed by atoms with van der Waals surface area (Å²) in [6.45, 7) is 1.98. The highest BCUT2D eigenvalue weighted by molar-refractivity contribution is 5.95. The molecule has 1 unspecified atom stereocenters. The average Bonchev–Trinajstić information content (AvgIpc) is 2.69. The van der Waals surface area contributed by atoms with Gasteiger partial charge in [0.05, 0.1) is 37.9 Å². The number of methoxy groups -OCH3 is 3. The molecule has 1 aromatic carbocycles. The Balaban J connectivity index is 2.71. The summed E-state index contributed by atoms with van der Waals surface area (Å²) >= 11 is 0. The number of unbranched alkanes of at least 4 members (excludes halogenated alkanes) is 1. The summed E-state index contributed by atoms with van der Waals surface area (Å²) in [5.74, 6) is -0.421. The predicted octanol–water partition coefficient (Wildman–Crippen LogP) is 2.58. The van der Waals surface area contributed by atoms with Crippen LogP contribution in [0.25, 0.3) is 0 Å². The fourth-order valence-electron chi connectivity index (χ4n) is 3.03. The first-order valence-corrected chi connectivity index (χ1v) is 8.67. The van der Waals surface area contributed by atoms with Crippen LogP contribution in [0.3, 0.4) is 0 Å². The maximum absolute atomic E-state index is 12.5. The summed E-state index contributed by atoms with van der Waals surface area (Å²) in [6, 6.07) is 1.08. The van der Waals surface area contributed by atoms with Gasteiger partial charge < -0.3 is 24.8 Å². The number of benzene rings is 1. The second kappa shape index (κ2) is 9.07. The number of amides is 2. The van der Waals surface area contributed by atoms with Crippen molar-refractivity contribution in [3.05, 3.63) is 39.1 Å². The minimum Gasteiger partial charge on any atom is -0.496 e. The molecule has 28 heavy (non-hydrogen) atoms. The number of hydrogen-bond donors (Lipinski definition) is 2. The van der Waals surface area contributed by atoms with Crippen LogP contribution in [0.1, 0.15) is 37.8 Å². The van der Waals surface area contributed by atoms with E-state index in [0.717, 1.165) is 12.8 Å². The van der Waals surface area contributed by atoms with Crippen LogP contribution in [0.5, 0.6) is 11.5 Å². The first-order chi connectivity index (χ1) is 13.4. The molecule has 0 spiro atoms. The molecule has 0 saturated carbocycles. The zero-order valence-corrected chi connectivity index (χ0v) is 16.2. The highest BCUT2D eigenvalue weighted by Gasteiger charge is 2.36. The number of allylic oxidation sites excluding steroid dienone is 1. The van der Waals surface area contributed by atoms with E-state index in [4.69, 9.17) is 14.2 Å². The van der Waals surface area contributed by atoms with Gasteiger partial charge in [-0.1, -0.05) is 13.3 Å². The van der Waals surface area contributed by atoms with Crippen LogP contribution in [-0.2, 0) is 9.53 Å². The first kappa shape index (κ1) is 21.0. The maximum Gasteiger partial charge on any atom is 0.337 e. The topological polar surface area (TPSA) is 129 Å². The van der Waals surface area contributed by atoms with Crippen molar-refractivity contribution in [1.82, 2.24) is 10.6 Å².